The first-order valence-corrected chi connectivity index (χ1v) is 9.67. The quantitative estimate of drug-likeness (QED) is 0.611. The Kier molecular flexibility index (Phi) is 8.73. The molecule has 1 saturated carbocycles. The minimum atomic E-state index is -0.150. The lowest BCUT2D eigenvalue weighted by Crippen LogP contribution is -2.43. The first kappa shape index (κ1) is 21.7. The number of aromatic nitrogens is 3. The fraction of sp³-hybridized carbons (Fsp3) is 0.368. The molecule has 0 saturated heterocycles. The van der Waals surface area contributed by atoms with E-state index in [1.54, 1.807) is 11.6 Å². The Morgan fingerprint density at radius 1 is 1.29 bits per heavy atom. The fourth-order valence-electron chi connectivity index (χ4n) is 2.67. The van der Waals surface area contributed by atoms with E-state index in [0.29, 0.717) is 28.4 Å². The van der Waals surface area contributed by atoms with Gasteiger partial charge in [0.2, 0.25) is 0 Å². The number of aliphatic hydroxyl groups is 2. The Morgan fingerprint density at radius 3 is 2.54 bits per heavy atom. The van der Waals surface area contributed by atoms with E-state index in [1.807, 2.05) is 30.3 Å². The average Bonchev–Trinajstić information content (AvgIpc) is 3.41. The van der Waals surface area contributed by atoms with E-state index in [2.05, 4.69) is 27.6 Å². The Balaban J connectivity index is 0.000000261. The number of hydrogen-bond acceptors (Lipinski definition) is 8. The van der Waals surface area contributed by atoms with Gasteiger partial charge in [0, 0.05) is 24.8 Å². The summed E-state index contributed by atoms with van der Waals surface area (Å²) in [5.74, 6) is 1.18. The molecule has 1 amide bonds. The van der Waals surface area contributed by atoms with Crippen molar-refractivity contribution in [1.82, 2.24) is 20.7 Å². The summed E-state index contributed by atoms with van der Waals surface area (Å²) in [5.41, 5.74) is 2.86. The number of aliphatic hydroxyl groups excluding tert-OH is 2. The molecule has 2 aromatic heterocycles. The SMILES string of the molecule is CC1CC(NC(=O)c2cc(-c3ccccc3)on2)C1.CO.OCc1nncs1. The number of benzene rings is 1. The largest absolute Gasteiger partial charge is 0.400 e. The highest BCUT2D eigenvalue weighted by atomic mass is 32.1. The van der Waals surface area contributed by atoms with E-state index in [9.17, 15) is 4.79 Å². The van der Waals surface area contributed by atoms with Gasteiger partial charge in [-0.15, -0.1) is 21.5 Å². The van der Waals surface area contributed by atoms with Crippen LogP contribution in [0.25, 0.3) is 11.3 Å². The van der Waals surface area contributed by atoms with Crippen LogP contribution in [0.2, 0.25) is 0 Å². The molecular formula is C19H24N4O4S. The van der Waals surface area contributed by atoms with Crippen molar-refractivity contribution in [2.24, 2.45) is 5.92 Å². The number of rotatable bonds is 4. The summed E-state index contributed by atoms with van der Waals surface area (Å²) in [6, 6.07) is 11.6. The fourth-order valence-corrected chi connectivity index (χ4v) is 3.05. The number of nitrogens with zero attached hydrogens (tertiary/aromatic N) is 3. The van der Waals surface area contributed by atoms with E-state index < -0.39 is 0 Å². The summed E-state index contributed by atoms with van der Waals surface area (Å²) in [4.78, 5) is 12.0. The zero-order chi connectivity index (χ0) is 20.4. The van der Waals surface area contributed by atoms with Gasteiger partial charge in [-0.05, 0) is 18.8 Å². The van der Waals surface area contributed by atoms with Gasteiger partial charge in [0.15, 0.2) is 11.5 Å². The number of carbonyl (C=O) groups is 1. The van der Waals surface area contributed by atoms with Crippen LogP contribution in [0.3, 0.4) is 0 Å². The second-order valence-corrected chi connectivity index (χ2v) is 7.10. The Bertz CT molecular complexity index is 818. The van der Waals surface area contributed by atoms with Gasteiger partial charge in [0.1, 0.15) is 10.5 Å². The molecule has 1 fully saturated rings. The van der Waals surface area contributed by atoms with E-state index in [1.165, 1.54) is 11.3 Å². The summed E-state index contributed by atoms with van der Waals surface area (Å²) in [7, 11) is 1.00. The van der Waals surface area contributed by atoms with Crippen LogP contribution in [0.1, 0.15) is 35.3 Å². The minimum absolute atomic E-state index is 0.00463. The van der Waals surface area contributed by atoms with Crippen LogP contribution in [0.5, 0.6) is 0 Å². The monoisotopic (exact) mass is 404 g/mol. The van der Waals surface area contributed by atoms with Gasteiger partial charge in [-0.1, -0.05) is 42.4 Å². The maximum Gasteiger partial charge on any atom is 0.273 e. The third-order valence-corrected chi connectivity index (χ3v) is 4.73. The van der Waals surface area contributed by atoms with Gasteiger partial charge in [-0.25, -0.2) is 0 Å². The minimum Gasteiger partial charge on any atom is -0.400 e. The molecule has 8 nitrogen and oxygen atoms in total. The molecule has 0 bridgehead atoms. The van der Waals surface area contributed by atoms with Crippen LogP contribution in [0, 0.1) is 5.92 Å². The molecule has 0 unspecified atom stereocenters. The molecule has 0 aliphatic heterocycles. The smallest absolute Gasteiger partial charge is 0.273 e. The van der Waals surface area contributed by atoms with Crippen LogP contribution in [-0.4, -0.2) is 44.6 Å². The molecule has 150 valence electrons. The second kappa shape index (κ2) is 11.3. The maximum absolute atomic E-state index is 12.0. The van der Waals surface area contributed by atoms with Crippen molar-refractivity contribution >= 4 is 17.2 Å². The first-order chi connectivity index (χ1) is 13.7. The highest BCUT2D eigenvalue weighted by Gasteiger charge is 2.27. The van der Waals surface area contributed by atoms with Crippen LogP contribution in [0.15, 0.2) is 46.4 Å². The zero-order valence-corrected chi connectivity index (χ0v) is 16.6. The Hall–Kier alpha value is -2.62. The number of nitrogens with one attached hydrogen (secondary N) is 1. The molecule has 0 atom stereocenters. The molecule has 9 heteroatoms. The molecule has 1 aromatic carbocycles. The van der Waals surface area contributed by atoms with E-state index in [-0.39, 0.29) is 12.5 Å². The highest BCUT2D eigenvalue weighted by molar-refractivity contribution is 7.09. The molecule has 0 spiro atoms. The summed E-state index contributed by atoms with van der Waals surface area (Å²) in [6.07, 6.45) is 2.10. The maximum atomic E-state index is 12.0. The topological polar surface area (TPSA) is 121 Å². The Morgan fingerprint density at radius 2 is 2.00 bits per heavy atom. The number of carbonyl (C=O) groups excluding carboxylic acids is 1. The van der Waals surface area contributed by atoms with E-state index in [4.69, 9.17) is 14.7 Å². The van der Waals surface area contributed by atoms with Crippen LogP contribution < -0.4 is 5.32 Å². The summed E-state index contributed by atoms with van der Waals surface area (Å²) in [6.45, 7) is 2.19. The summed E-state index contributed by atoms with van der Waals surface area (Å²) < 4.78 is 5.22. The first-order valence-electron chi connectivity index (χ1n) is 8.79. The van der Waals surface area contributed by atoms with Gasteiger partial charge in [0.05, 0.1) is 6.61 Å². The van der Waals surface area contributed by atoms with Crippen molar-refractivity contribution in [3.05, 3.63) is 52.6 Å². The predicted molar refractivity (Wildman–Crippen MR) is 106 cm³/mol. The molecule has 3 N–H and O–H groups in total. The number of amides is 1. The highest BCUT2D eigenvalue weighted by Crippen LogP contribution is 2.26. The van der Waals surface area contributed by atoms with Crippen LogP contribution in [0.4, 0.5) is 0 Å². The van der Waals surface area contributed by atoms with E-state index in [0.717, 1.165) is 25.5 Å². The summed E-state index contributed by atoms with van der Waals surface area (Å²) >= 11 is 1.35. The lowest BCUT2D eigenvalue weighted by Gasteiger charge is -2.32. The molecule has 4 rings (SSSR count). The Labute approximate surface area is 167 Å². The third kappa shape index (κ3) is 6.22. The van der Waals surface area contributed by atoms with Gasteiger partial charge in [-0.2, -0.15) is 0 Å². The van der Waals surface area contributed by atoms with Crippen molar-refractivity contribution in [3.8, 4) is 11.3 Å². The van der Waals surface area contributed by atoms with Gasteiger partial charge in [-0.3, -0.25) is 4.79 Å². The predicted octanol–water partition coefficient (Wildman–Crippen LogP) is 2.51. The van der Waals surface area contributed by atoms with Crippen LogP contribution in [-0.2, 0) is 6.61 Å². The molecule has 1 aliphatic rings. The summed E-state index contributed by atoms with van der Waals surface area (Å²) in [5, 5.41) is 29.9. The second-order valence-electron chi connectivity index (χ2n) is 6.18. The van der Waals surface area contributed by atoms with Crippen molar-refractivity contribution in [2.45, 2.75) is 32.4 Å². The number of hydrogen-bond donors (Lipinski definition) is 3. The van der Waals surface area contributed by atoms with Crippen molar-refractivity contribution < 1.29 is 19.5 Å². The molecule has 0 radical (unpaired) electrons. The van der Waals surface area contributed by atoms with Gasteiger partial charge >= 0.3 is 0 Å². The average molecular weight is 404 g/mol. The molecule has 1 aliphatic carbocycles. The molecular weight excluding hydrogens is 380 g/mol. The lowest BCUT2D eigenvalue weighted by molar-refractivity contribution is 0.0887. The van der Waals surface area contributed by atoms with Gasteiger partial charge < -0.3 is 20.1 Å². The third-order valence-electron chi connectivity index (χ3n) is 4.05. The van der Waals surface area contributed by atoms with Gasteiger partial charge in [0.25, 0.3) is 5.91 Å². The van der Waals surface area contributed by atoms with Crippen molar-refractivity contribution in [2.75, 3.05) is 7.11 Å². The molecule has 3 aromatic rings. The van der Waals surface area contributed by atoms with Crippen molar-refractivity contribution in [3.63, 3.8) is 0 Å². The standard InChI is InChI=1S/C15H16N2O2.C3H4N2OS.CH4O/c1-10-7-12(8-10)16-15(18)13-9-14(19-17-13)11-5-3-2-4-6-11;6-1-3-5-4-2-7-3;1-2/h2-6,9-10,12H,7-8H2,1H3,(H,16,18);2,6H,1H2;2H,1H3. The molecule has 28 heavy (non-hydrogen) atoms. The van der Waals surface area contributed by atoms with Crippen LogP contribution >= 0.6 is 11.3 Å². The van der Waals surface area contributed by atoms with Crippen molar-refractivity contribution in [1.29, 1.82) is 0 Å². The lowest BCUT2D eigenvalue weighted by atomic mass is 9.82. The van der Waals surface area contributed by atoms with E-state index >= 15 is 0 Å². The molecule has 2 heterocycles. The zero-order valence-electron chi connectivity index (χ0n) is 15.8. The normalized spacial score (nSPS) is 17.3.